The predicted molar refractivity (Wildman–Crippen MR) is 104 cm³/mol. The Hall–Kier alpha value is -2.15. The molecule has 0 radical (unpaired) electrons. The molecule has 2 N–H and O–H groups in total. The van der Waals surface area contributed by atoms with E-state index in [2.05, 4.69) is 59.9 Å². The van der Waals surface area contributed by atoms with Gasteiger partial charge < -0.3 is 10.4 Å². The van der Waals surface area contributed by atoms with Crippen LogP contribution in [0.1, 0.15) is 16.7 Å². The third-order valence-corrected chi connectivity index (χ3v) is 5.39. The van der Waals surface area contributed by atoms with Gasteiger partial charge in [-0.3, -0.25) is 0 Å². The quantitative estimate of drug-likeness (QED) is 0.677. The summed E-state index contributed by atoms with van der Waals surface area (Å²) in [5.41, 5.74) is 3.80. The average molecular weight is 335 g/mol. The van der Waals surface area contributed by atoms with Gasteiger partial charge in [-0.2, -0.15) is 0 Å². The standard InChI is InChI=1S/C21H22NOP/c1-22-15-18-9-5-6-10-20(18)24-21-14-17(11-12-19(21)23)13-16-7-3-2-4-8-16/h2-12,14,22-24H,13,15H2,1H3. The molecule has 2 nitrogen and oxygen atoms in total. The van der Waals surface area contributed by atoms with E-state index in [0.717, 1.165) is 18.3 Å². The van der Waals surface area contributed by atoms with Crippen LogP contribution in [0.2, 0.25) is 0 Å². The van der Waals surface area contributed by atoms with Crippen molar-refractivity contribution in [3.05, 3.63) is 89.5 Å². The first-order valence-corrected chi connectivity index (χ1v) is 9.11. The maximum absolute atomic E-state index is 10.3. The third kappa shape index (κ3) is 4.23. The lowest BCUT2D eigenvalue weighted by Gasteiger charge is -2.12. The Morgan fingerprint density at radius 1 is 0.833 bits per heavy atom. The molecule has 3 rings (SSSR count). The lowest BCUT2D eigenvalue weighted by molar-refractivity contribution is 0.479. The maximum Gasteiger partial charge on any atom is 0.123 e. The van der Waals surface area contributed by atoms with E-state index in [1.54, 1.807) is 0 Å². The monoisotopic (exact) mass is 335 g/mol. The second-order valence-electron chi connectivity index (χ2n) is 5.83. The number of phenolic OH excluding ortho intramolecular Hbond substituents is 1. The van der Waals surface area contributed by atoms with Gasteiger partial charge in [0, 0.05) is 11.8 Å². The van der Waals surface area contributed by atoms with Gasteiger partial charge in [-0.05, 0) is 47.6 Å². The summed E-state index contributed by atoms with van der Waals surface area (Å²) in [7, 11) is 2.41. The van der Waals surface area contributed by atoms with Gasteiger partial charge in [0.2, 0.25) is 0 Å². The summed E-state index contributed by atoms with van der Waals surface area (Å²) in [4.78, 5) is 0. The van der Waals surface area contributed by atoms with Crippen LogP contribution >= 0.6 is 8.58 Å². The van der Waals surface area contributed by atoms with Gasteiger partial charge >= 0.3 is 0 Å². The summed E-state index contributed by atoms with van der Waals surface area (Å²) in [6.07, 6.45) is 0.886. The molecule has 0 spiro atoms. The van der Waals surface area contributed by atoms with Crippen LogP contribution in [0.15, 0.2) is 72.8 Å². The molecular formula is C21H22NOP. The second-order valence-corrected chi connectivity index (χ2v) is 7.15. The second kappa shape index (κ2) is 8.10. The highest BCUT2D eigenvalue weighted by Crippen LogP contribution is 2.22. The molecule has 3 aromatic carbocycles. The van der Waals surface area contributed by atoms with Crippen molar-refractivity contribution < 1.29 is 5.11 Å². The molecule has 0 fully saturated rings. The zero-order valence-electron chi connectivity index (χ0n) is 13.8. The Kier molecular flexibility index (Phi) is 5.63. The summed E-state index contributed by atoms with van der Waals surface area (Å²) < 4.78 is 0. The molecule has 3 heteroatoms. The molecule has 1 unspecified atom stereocenters. The van der Waals surface area contributed by atoms with Crippen molar-refractivity contribution >= 4 is 19.2 Å². The first-order valence-electron chi connectivity index (χ1n) is 8.11. The Labute approximate surface area is 145 Å². The van der Waals surface area contributed by atoms with Crippen molar-refractivity contribution in [3.63, 3.8) is 0 Å². The summed E-state index contributed by atoms with van der Waals surface area (Å²) in [5.74, 6) is 0.379. The van der Waals surface area contributed by atoms with Gasteiger partial charge in [0.1, 0.15) is 5.75 Å². The Morgan fingerprint density at radius 3 is 2.38 bits per heavy atom. The summed E-state index contributed by atoms with van der Waals surface area (Å²) in [5, 5.41) is 15.8. The van der Waals surface area contributed by atoms with Crippen LogP contribution in [-0.2, 0) is 13.0 Å². The van der Waals surface area contributed by atoms with Crippen LogP contribution in [0.4, 0.5) is 0 Å². The van der Waals surface area contributed by atoms with Crippen molar-refractivity contribution in [1.29, 1.82) is 0 Å². The fourth-order valence-corrected chi connectivity index (χ4v) is 4.03. The van der Waals surface area contributed by atoms with Crippen LogP contribution in [0.5, 0.6) is 5.75 Å². The van der Waals surface area contributed by atoms with Crippen LogP contribution in [-0.4, -0.2) is 12.2 Å². The van der Waals surface area contributed by atoms with Crippen LogP contribution in [0.3, 0.4) is 0 Å². The Morgan fingerprint density at radius 2 is 1.58 bits per heavy atom. The molecule has 0 saturated carbocycles. The first-order chi connectivity index (χ1) is 11.8. The smallest absolute Gasteiger partial charge is 0.123 e. The minimum absolute atomic E-state index is 0.379. The summed E-state index contributed by atoms with van der Waals surface area (Å²) in [6, 6.07) is 24.8. The van der Waals surface area contributed by atoms with Gasteiger partial charge in [-0.25, -0.2) is 0 Å². The number of hydrogen-bond acceptors (Lipinski definition) is 2. The normalized spacial score (nSPS) is 11.2. The van der Waals surface area contributed by atoms with E-state index in [-0.39, 0.29) is 0 Å². The SMILES string of the molecule is CNCc1ccccc1Pc1cc(Cc2ccccc2)ccc1O. The fourth-order valence-electron chi connectivity index (χ4n) is 2.76. The largest absolute Gasteiger partial charge is 0.507 e. The van der Waals surface area contributed by atoms with Crippen molar-refractivity contribution in [3.8, 4) is 5.75 Å². The van der Waals surface area contributed by atoms with E-state index in [0.29, 0.717) is 14.3 Å². The molecule has 0 aromatic heterocycles. The van der Waals surface area contributed by atoms with Crippen molar-refractivity contribution in [2.75, 3.05) is 7.05 Å². The molecule has 0 amide bonds. The van der Waals surface area contributed by atoms with Gasteiger partial charge in [-0.1, -0.05) is 69.2 Å². The number of benzene rings is 3. The molecule has 0 heterocycles. The number of rotatable bonds is 6. The molecule has 0 aliphatic carbocycles. The van der Waals surface area contributed by atoms with E-state index in [1.165, 1.54) is 22.0 Å². The third-order valence-electron chi connectivity index (χ3n) is 3.97. The first kappa shape index (κ1) is 16.7. The zero-order valence-corrected chi connectivity index (χ0v) is 14.8. The molecule has 0 aliphatic rings. The highest BCUT2D eigenvalue weighted by molar-refractivity contribution is 7.55. The van der Waals surface area contributed by atoms with Crippen LogP contribution < -0.4 is 15.9 Å². The van der Waals surface area contributed by atoms with E-state index in [4.69, 9.17) is 0 Å². The Bertz CT molecular complexity index is 802. The average Bonchev–Trinajstić information content (AvgIpc) is 2.61. The van der Waals surface area contributed by atoms with Crippen molar-refractivity contribution in [2.24, 2.45) is 0 Å². The van der Waals surface area contributed by atoms with Gasteiger partial charge in [-0.15, -0.1) is 0 Å². The molecular weight excluding hydrogens is 313 g/mol. The molecule has 24 heavy (non-hydrogen) atoms. The van der Waals surface area contributed by atoms with E-state index >= 15 is 0 Å². The van der Waals surface area contributed by atoms with Gasteiger partial charge in [0.25, 0.3) is 0 Å². The highest BCUT2D eigenvalue weighted by atomic mass is 31.1. The number of aromatic hydroxyl groups is 1. The number of hydrogen-bond donors (Lipinski definition) is 2. The minimum Gasteiger partial charge on any atom is -0.507 e. The molecule has 3 aromatic rings. The topological polar surface area (TPSA) is 32.3 Å². The van der Waals surface area contributed by atoms with Gasteiger partial charge in [0.15, 0.2) is 0 Å². The summed E-state index contributed by atoms with van der Waals surface area (Å²) >= 11 is 0. The van der Waals surface area contributed by atoms with Crippen LogP contribution in [0, 0.1) is 0 Å². The minimum atomic E-state index is 0.379. The van der Waals surface area contributed by atoms with E-state index in [1.807, 2.05) is 25.2 Å². The predicted octanol–water partition coefficient (Wildman–Crippen LogP) is 3.33. The Balaban J connectivity index is 1.84. The van der Waals surface area contributed by atoms with E-state index in [9.17, 15) is 5.11 Å². The number of phenols is 1. The van der Waals surface area contributed by atoms with E-state index < -0.39 is 0 Å². The lowest BCUT2D eigenvalue weighted by Crippen LogP contribution is -2.15. The van der Waals surface area contributed by atoms with Crippen molar-refractivity contribution in [1.82, 2.24) is 5.32 Å². The molecule has 122 valence electrons. The number of nitrogens with one attached hydrogen (secondary N) is 1. The zero-order chi connectivity index (χ0) is 16.8. The molecule has 0 aliphatic heterocycles. The highest BCUT2D eigenvalue weighted by Gasteiger charge is 2.08. The van der Waals surface area contributed by atoms with Crippen molar-refractivity contribution in [2.45, 2.75) is 13.0 Å². The lowest BCUT2D eigenvalue weighted by atomic mass is 10.1. The maximum atomic E-state index is 10.3. The molecule has 0 bridgehead atoms. The van der Waals surface area contributed by atoms with Crippen LogP contribution in [0.25, 0.3) is 0 Å². The summed E-state index contributed by atoms with van der Waals surface area (Å²) in [6.45, 7) is 0.841. The van der Waals surface area contributed by atoms with Gasteiger partial charge in [0.05, 0.1) is 0 Å². The molecule has 1 atom stereocenters. The molecule has 0 saturated heterocycles. The fraction of sp³-hybridized carbons (Fsp3) is 0.143.